The number of carbonyl (C=O) groups excluding carboxylic acids is 2. The molecule has 3 heterocycles. The number of fused-ring (bicyclic) bond motifs is 1. The molecule has 3 amide bonds. The number of aromatic nitrogens is 1. The average molecular weight is 368 g/mol. The van der Waals surface area contributed by atoms with Gasteiger partial charge in [0, 0.05) is 17.6 Å². The molecule has 2 fully saturated rings. The molecule has 0 unspecified atom stereocenters. The van der Waals surface area contributed by atoms with Gasteiger partial charge >= 0.3 is 6.03 Å². The third-order valence-electron chi connectivity index (χ3n) is 5.95. The third kappa shape index (κ3) is 3.23. The second-order valence-corrected chi connectivity index (χ2v) is 7.88. The molecular weight excluding hydrogens is 344 g/mol. The number of amides is 3. The summed E-state index contributed by atoms with van der Waals surface area (Å²) in [5.74, 6) is -0.148. The molecule has 7 heteroatoms. The van der Waals surface area contributed by atoms with Crippen LogP contribution in [0.25, 0.3) is 10.9 Å². The van der Waals surface area contributed by atoms with Crippen LogP contribution in [0.1, 0.15) is 30.9 Å². The molecule has 3 N–H and O–H groups in total. The van der Waals surface area contributed by atoms with Crippen molar-refractivity contribution in [3.8, 4) is 0 Å². The molecule has 142 valence electrons. The van der Waals surface area contributed by atoms with E-state index in [1.54, 1.807) is 6.92 Å². The van der Waals surface area contributed by atoms with Gasteiger partial charge in [0.05, 0.1) is 0 Å². The van der Waals surface area contributed by atoms with Crippen molar-refractivity contribution in [2.75, 3.05) is 13.1 Å². The fraction of sp³-hybridized carbons (Fsp3) is 0.450. The SMILES string of the molecule is Cc1ccc2cc(CN3CCC([C@]4(C)NC(=O)NC4=O)CC3)c(=O)[nH]c2c1. The fourth-order valence-electron chi connectivity index (χ4n) is 4.23. The van der Waals surface area contributed by atoms with Gasteiger partial charge in [0.15, 0.2) is 0 Å². The van der Waals surface area contributed by atoms with E-state index in [0.29, 0.717) is 6.54 Å². The molecule has 0 aliphatic carbocycles. The minimum absolute atomic E-state index is 0.0513. The number of H-pyrrole nitrogens is 1. The Bertz CT molecular complexity index is 975. The van der Waals surface area contributed by atoms with Gasteiger partial charge in [-0.3, -0.25) is 19.8 Å². The average Bonchev–Trinajstić information content (AvgIpc) is 2.89. The smallest absolute Gasteiger partial charge is 0.322 e. The van der Waals surface area contributed by atoms with Crippen molar-refractivity contribution in [1.82, 2.24) is 20.5 Å². The summed E-state index contributed by atoms with van der Waals surface area (Å²) in [6.07, 6.45) is 1.60. The van der Waals surface area contributed by atoms with Crippen LogP contribution >= 0.6 is 0 Å². The van der Waals surface area contributed by atoms with Crippen LogP contribution in [-0.2, 0) is 11.3 Å². The Kier molecular flexibility index (Phi) is 4.26. The van der Waals surface area contributed by atoms with Crippen molar-refractivity contribution in [1.29, 1.82) is 0 Å². The van der Waals surface area contributed by atoms with E-state index in [2.05, 4.69) is 20.5 Å². The molecule has 7 nitrogen and oxygen atoms in total. The predicted octanol–water partition coefficient (Wildman–Crippen LogP) is 1.65. The zero-order chi connectivity index (χ0) is 19.2. The fourth-order valence-corrected chi connectivity index (χ4v) is 4.23. The van der Waals surface area contributed by atoms with Gasteiger partial charge < -0.3 is 10.3 Å². The largest absolute Gasteiger partial charge is 0.323 e. The van der Waals surface area contributed by atoms with Gasteiger partial charge in [0.1, 0.15) is 5.54 Å². The lowest BCUT2D eigenvalue weighted by atomic mass is 9.79. The number of imide groups is 1. The normalized spacial score (nSPS) is 24.2. The predicted molar refractivity (Wildman–Crippen MR) is 102 cm³/mol. The number of hydrogen-bond donors (Lipinski definition) is 3. The molecule has 2 aliphatic rings. The number of nitrogens with one attached hydrogen (secondary N) is 3. The topological polar surface area (TPSA) is 94.3 Å². The minimum Gasteiger partial charge on any atom is -0.323 e. The summed E-state index contributed by atoms with van der Waals surface area (Å²) >= 11 is 0. The van der Waals surface area contributed by atoms with Gasteiger partial charge in [-0.15, -0.1) is 0 Å². The van der Waals surface area contributed by atoms with Crippen LogP contribution in [0.3, 0.4) is 0 Å². The zero-order valence-electron chi connectivity index (χ0n) is 15.6. The number of rotatable bonds is 3. The van der Waals surface area contributed by atoms with Crippen molar-refractivity contribution >= 4 is 22.8 Å². The summed E-state index contributed by atoms with van der Waals surface area (Å²) < 4.78 is 0. The van der Waals surface area contributed by atoms with Crippen molar-refractivity contribution in [3.63, 3.8) is 0 Å². The van der Waals surface area contributed by atoms with E-state index in [0.717, 1.165) is 48.0 Å². The molecule has 4 rings (SSSR count). The van der Waals surface area contributed by atoms with Crippen molar-refractivity contribution in [3.05, 3.63) is 45.7 Å². The molecule has 2 saturated heterocycles. The van der Waals surface area contributed by atoms with E-state index >= 15 is 0 Å². The number of aromatic amines is 1. The molecule has 1 aromatic heterocycles. The number of nitrogens with zero attached hydrogens (tertiary/aromatic N) is 1. The Morgan fingerprint density at radius 2 is 1.89 bits per heavy atom. The van der Waals surface area contributed by atoms with Crippen LogP contribution in [0.2, 0.25) is 0 Å². The lowest BCUT2D eigenvalue weighted by Crippen LogP contribution is -2.53. The van der Waals surface area contributed by atoms with Crippen LogP contribution in [-0.4, -0.2) is 40.5 Å². The number of urea groups is 1. The molecule has 1 atom stereocenters. The van der Waals surface area contributed by atoms with Gasteiger partial charge in [0.2, 0.25) is 0 Å². The molecule has 0 bridgehead atoms. The molecular formula is C20H24N4O3. The summed E-state index contributed by atoms with van der Waals surface area (Å²) in [5, 5.41) is 6.14. The second-order valence-electron chi connectivity index (χ2n) is 7.88. The first-order chi connectivity index (χ1) is 12.8. The third-order valence-corrected chi connectivity index (χ3v) is 5.95. The number of piperidine rings is 1. The number of aryl methyl sites for hydroxylation is 1. The Morgan fingerprint density at radius 3 is 2.56 bits per heavy atom. The van der Waals surface area contributed by atoms with Crippen molar-refractivity contribution < 1.29 is 9.59 Å². The maximum atomic E-state index is 12.4. The van der Waals surface area contributed by atoms with Gasteiger partial charge in [-0.1, -0.05) is 12.1 Å². The Hall–Kier alpha value is -2.67. The Labute approximate surface area is 157 Å². The first kappa shape index (κ1) is 17.7. The van der Waals surface area contributed by atoms with Crippen LogP contribution in [0.15, 0.2) is 29.1 Å². The monoisotopic (exact) mass is 368 g/mol. The van der Waals surface area contributed by atoms with E-state index in [4.69, 9.17) is 0 Å². The zero-order valence-corrected chi connectivity index (χ0v) is 15.6. The number of carbonyl (C=O) groups is 2. The lowest BCUT2D eigenvalue weighted by Gasteiger charge is -2.38. The highest BCUT2D eigenvalue weighted by Gasteiger charge is 2.48. The highest BCUT2D eigenvalue weighted by atomic mass is 16.2. The summed E-state index contributed by atoms with van der Waals surface area (Å²) in [6.45, 7) is 5.96. The standard InChI is InChI=1S/C20H24N4O3/c1-12-3-4-13-10-14(17(25)21-16(13)9-12)11-24-7-5-15(6-8-24)20(2)18(26)22-19(27)23-20/h3-4,9-10,15H,5-8,11H2,1-2H3,(H,21,25)(H2,22,23,26,27)/t20-/m0/s1. The van der Waals surface area contributed by atoms with E-state index in [1.165, 1.54) is 0 Å². The highest BCUT2D eigenvalue weighted by Crippen LogP contribution is 2.31. The molecule has 1 aromatic carbocycles. The van der Waals surface area contributed by atoms with E-state index in [-0.39, 0.29) is 17.4 Å². The second kappa shape index (κ2) is 6.49. The molecule has 0 saturated carbocycles. The van der Waals surface area contributed by atoms with E-state index < -0.39 is 11.6 Å². The molecule has 27 heavy (non-hydrogen) atoms. The highest BCUT2D eigenvalue weighted by molar-refractivity contribution is 6.06. The summed E-state index contributed by atoms with van der Waals surface area (Å²) in [6, 6.07) is 7.60. The van der Waals surface area contributed by atoms with Crippen LogP contribution in [0.5, 0.6) is 0 Å². The first-order valence-electron chi connectivity index (χ1n) is 9.34. The number of likely N-dealkylation sites (tertiary alicyclic amines) is 1. The molecule has 0 radical (unpaired) electrons. The molecule has 0 spiro atoms. The Balaban J connectivity index is 1.45. The van der Waals surface area contributed by atoms with Gasteiger partial charge in [0.25, 0.3) is 11.5 Å². The minimum atomic E-state index is -0.832. The van der Waals surface area contributed by atoms with E-state index in [9.17, 15) is 14.4 Å². The number of benzene rings is 1. The molecule has 2 aromatic rings. The van der Waals surface area contributed by atoms with Crippen molar-refractivity contribution in [2.45, 2.75) is 38.8 Å². The van der Waals surface area contributed by atoms with Gasteiger partial charge in [-0.25, -0.2) is 4.79 Å². The van der Waals surface area contributed by atoms with Crippen molar-refractivity contribution in [2.24, 2.45) is 5.92 Å². The number of hydrogen-bond acceptors (Lipinski definition) is 4. The lowest BCUT2D eigenvalue weighted by molar-refractivity contribution is -0.125. The Morgan fingerprint density at radius 1 is 1.15 bits per heavy atom. The summed E-state index contributed by atoms with van der Waals surface area (Å²) in [7, 11) is 0. The van der Waals surface area contributed by atoms with Crippen LogP contribution in [0, 0.1) is 12.8 Å². The van der Waals surface area contributed by atoms with Crippen LogP contribution < -0.4 is 16.2 Å². The summed E-state index contributed by atoms with van der Waals surface area (Å²) in [5.41, 5.74) is 1.84. The maximum absolute atomic E-state index is 12.4. The summed E-state index contributed by atoms with van der Waals surface area (Å²) in [4.78, 5) is 41.3. The van der Waals surface area contributed by atoms with Gasteiger partial charge in [-0.2, -0.15) is 0 Å². The van der Waals surface area contributed by atoms with Gasteiger partial charge in [-0.05, 0) is 68.8 Å². The van der Waals surface area contributed by atoms with Crippen LogP contribution in [0.4, 0.5) is 4.79 Å². The molecule has 2 aliphatic heterocycles. The first-order valence-corrected chi connectivity index (χ1v) is 9.34. The van der Waals surface area contributed by atoms with E-state index in [1.807, 2.05) is 31.2 Å². The number of pyridine rings is 1. The maximum Gasteiger partial charge on any atom is 0.322 e. The quantitative estimate of drug-likeness (QED) is 0.718.